The molecular weight excluding hydrogens is 228 g/mol. The fourth-order valence-electron chi connectivity index (χ4n) is 2.02. The van der Waals surface area contributed by atoms with Crippen LogP contribution in [0, 0.1) is 17.6 Å². The molecule has 0 atom stereocenters. The Morgan fingerprint density at radius 3 is 2.59 bits per heavy atom. The molecule has 0 bridgehead atoms. The van der Waals surface area contributed by atoms with Crippen molar-refractivity contribution < 1.29 is 18.7 Å². The number of hydrogen-bond donors (Lipinski definition) is 1. The van der Waals surface area contributed by atoms with Gasteiger partial charge in [-0.05, 0) is 25.0 Å². The molecule has 92 valence electrons. The second kappa shape index (κ2) is 5.23. The predicted molar refractivity (Wildman–Crippen MR) is 58.2 cm³/mol. The minimum atomic E-state index is -0.704. The maximum atomic E-state index is 13.6. The van der Waals surface area contributed by atoms with Crippen molar-refractivity contribution in [3.05, 3.63) is 35.4 Å². The van der Waals surface area contributed by atoms with Gasteiger partial charge in [-0.2, -0.15) is 0 Å². The third-order valence-corrected chi connectivity index (χ3v) is 2.92. The lowest BCUT2D eigenvalue weighted by atomic mass is 9.90. The summed E-state index contributed by atoms with van der Waals surface area (Å²) in [6.45, 7) is 1.12. The topological polar surface area (TPSA) is 41.8 Å². The Balaban J connectivity index is 2.28. The van der Waals surface area contributed by atoms with Crippen LogP contribution in [0.4, 0.5) is 8.78 Å². The Labute approximate surface area is 97.7 Å². The van der Waals surface area contributed by atoms with E-state index in [0.29, 0.717) is 26.1 Å². The molecule has 0 spiro atoms. The van der Waals surface area contributed by atoms with Gasteiger partial charge in [-0.15, -0.1) is 0 Å². The van der Waals surface area contributed by atoms with Crippen molar-refractivity contribution in [2.75, 3.05) is 13.2 Å². The number of nitrogens with zero attached hydrogens (tertiary/aromatic N) is 1. The summed E-state index contributed by atoms with van der Waals surface area (Å²) in [6, 6.07) is 3.25. The number of hydrogen-bond acceptors (Lipinski definition) is 3. The molecule has 1 aromatic rings. The number of halogens is 2. The normalized spacial score (nSPS) is 18.4. The third kappa shape index (κ3) is 2.61. The SMILES string of the molecule is ON=C(c1ccc(F)cc1F)C1CCOCC1. The molecule has 1 heterocycles. The molecule has 0 saturated carbocycles. The Morgan fingerprint density at radius 2 is 2.00 bits per heavy atom. The van der Waals surface area contributed by atoms with E-state index in [0.717, 1.165) is 12.1 Å². The molecule has 2 rings (SSSR count). The average molecular weight is 241 g/mol. The molecule has 5 heteroatoms. The van der Waals surface area contributed by atoms with Crippen molar-refractivity contribution in [2.24, 2.45) is 11.1 Å². The zero-order valence-electron chi connectivity index (χ0n) is 9.20. The molecule has 1 aliphatic heterocycles. The summed E-state index contributed by atoms with van der Waals surface area (Å²) in [4.78, 5) is 0. The van der Waals surface area contributed by atoms with Crippen LogP contribution in [0.15, 0.2) is 23.4 Å². The van der Waals surface area contributed by atoms with Gasteiger partial charge in [-0.25, -0.2) is 8.78 Å². The van der Waals surface area contributed by atoms with E-state index in [-0.39, 0.29) is 17.2 Å². The van der Waals surface area contributed by atoms with E-state index in [1.54, 1.807) is 0 Å². The standard InChI is InChI=1S/C12H13F2NO2/c13-9-1-2-10(11(14)7-9)12(15-16)8-3-5-17-6-4-8/h1-2,7-8,16H,3-6H2. The van der Waals surface area contributed by atoms with E-state index in [4.69, 9.17) is 9.94 Å². The summed E-state index contributed by atoms with van der Waals surface area (Å²) in [5.74, 6) is -1.39. The van der Waals surface area contributed by atoms with Crippen molar-refractivity contribution in [2.45, 2.75) is 12.8 Å². The second-order valence-corrected chi connectivity index (χ2v) is 4.00. The molecule has 1 aromatic carbocycles. The van der Waals surface area contributed by atoms with Crippen molar-refractivity contribution in [3.8, 4) is 0 Å². The summed E-state index contributed by atoms with van der Waals surface area (Å²) in [6.07, 6.45) is 1.35. The molecule has 0 aliphatic carbocycles. The fraction of sp³-hybridized carbons (Fsp3) is 0.417. The van der Waals surface area contributed by atoms with Crippen LogP contribution >= 0.6 is 0 Å². The highest BCUT2D eigenvalue weighted by atomic mass is 19.1. The Kier molecular flexibility index (Phi) is 3.68. The Morgan fingerprint density at radius 1 is 1.29 bits per heavy atom. The van der Waals surface area contributed by atoms with Gasteiger partial charge in [0.2, 0.25) is 0 Å². The molecule has 1 fully saturated rings. The highest BCUT2D eigenvalue weighted by Crippen LogP contribution is 2.23. The Bertz CT molecular complexity index is 429. The van der Waals surface area contributed by atoms with E-state index in [1.165, 1.54) is 6.07 Å². The van der Waals surface area contributed by atoms with Gasteiger partial charge in [0.15, 0.2) is 0 Å². The highest BCUT2D eigenvalue weighted by Gasteiger charge is 2.23. The van der Waals surface area contributed by atoms with Gasteiger partial charge in [0, 0.05) is 30.8 Å². The first-order valence-electron chi connectivity index (χ1n) is 5.47. The van der Waals surface area contributed by atoms with Gasteiger partial charge < -0.3 is 9.94 Å². The maximum absolute atomic E-state index is 13.6. The summed E-state index contributed by atoms with van der Waals surface area (Å²) in [7, 11) is 0. The quantitative estimate of drug-likeness (QED) is 0.491. The van der Waals surface area contributed by atoms with Crippen LogP contribution < -0.4 is 0 Å². The first-order valence-corrected chi connectivity index (χ1v) is 5.47. The number of ether oxygens (including phenoxy) is 1. The molecule has 0 radical (unpaired) electrons. The van der Waals surface area contributed by atoms with Crippen LogP contribution in [0.25, 0.3) is 0 Å². The summed E-state index contributed by atoms with van der Waals surface area (Å²) in [5, 5.41) is 12.2. The largest absolute Gasteiger partial charge is 0.411 e. The van der Waals surface area contributed by atoms with Crippen molar-refractivity contribution in [3.63, 3.8) is 0 Å². The molecule has 1 N–H and O–H groups in total. The van der Waals surface area contributed by atoms with E-state index < -0.39 is 11.6 Å². The monoisotopic (exact) mass is 241 g/mol. The van der Waals surface area contributed by atoms with Crippen LogP contribution in [0.3, 0.4) is 0 Å². The van der Waals surface area contributed by atoms with Crippen LogP contribution in [0.2, 0.25) is 0 Å². The lowest BCUT2D eigenvalue weighted by Crippen LogP contribution is -2.25. The highest BCUT2D eigenvalue weighted by molar-refractivity contribution is 6.02. The number of rotatable bonds is 2. The first kappa shape index (κ1) is 12.0. The smallest absolute Gasteiger partial charge is 0.135 e. The second-order valence-electron chi connectivity index (χ2n) is 4.00. The molecule has 0 unspecified atom stereocenters. The molecule has 0 aromatic heterocycles. The zero-order valence-corrected chi connectivity index (χ0v) is 9.20. The fourth-order valence-corrected chi connectivity index (χ4v) is 2.02. The predicted octanol–water partition coefficient (Wildman–Crippen LogP) is 2.57. The number of benzene rings is 1. The lowest BCUT2D eigenvalue weighted by Gasteiger charge is -2.23. The summed E-state index contributed by atoms with van der Waals surface area (Å²) in [5.41, 5.74) is 0.423. The molecular formula is C12H13F2NO2. The average Bonchev–Trinajstić information content (AvgIpc) is 2.34. The van der Waals surface area contributed by atoms with Crippen LogP contribution in [-0.2, 0) is 4.74 Å². The minimum absolute atomic E-state index is 0.0475. The molecule has 1 aliphatic rings. The number of oxime groups is 1. The molecule has 17 heavy (non-hydrogen) atoms. The molecule has 0 amide bonds. The summed E-state index contributed by atoms with van der Waals surface area (Å²) >= 11 is 0. The third-order valence-electron chi connectivity index (χ3n) is 2.92. The maximum Gasteiger partial charge on any atom is 0.135 e. The van der Waals surface area contributed by atoms with Crippen molar-refractivity contribution in [1.82, 2.24) is 0 Å². The van der Waals surface area contributed by atoms with Crippen LogP contribution in [0.1, 0.15) is 18.4 Å². The van der Waals surface area contributed by atoms with Crippen LogP contribution in [-0.4, -0.2) is 24.1 Å². The van der Waals surface area contributed by atoms with Crippen LogP contribution in [0.5, 0.6) is 0 Å². The first-order chi connectivity index (χ1) is 8.22. The van der Waals surface area contributed by atoms with Gasteiger partial charge in [0.1, 0.15) is 11.6 Å². The van der Waals surface area contributed by atoms with Gasteiger partial charge >= 0.3 is 0 Å². The minimum Gasteiger partial charge on any atom is -0.411 e. The van der Waals surface area contributed by atoms with Crippen molar-refractivity contribution >= 4 is 5.71 Å². The van der Waals surface area contributed by atoms with Gasteiger partial charge in [-0.3, -0.25) is 0 Å². The van der Waals surface area contributed by atoms with Gasteiger partial charge in [0.25, 0.3) is 0 Å². The lowest BCUT2D eigenvalue weighted by molar-refractivity contribution is 0.0821. The Hall–Kier alpha value is -1.49. The summed E-state index contributed by atoms with van der Waals surface area (Å²) < 4.78 is 31.6. The molecule has 1 saturated heterocycles. The van der Waals surface area contributed by atoms with E-state index >= 15 is 0 Å². The van der Waals surface area contributed by atoms with Crippen molar-refractivity contribution in [1.29, 1.82) is 0 Å². The molecule has 3 nitrogen and oxygen atoms in total. The zero-order chi connectivity index (χ0) is 12.3. The van der Waals surface area contributed by atoms with E-state index in [9.17, 15) is 8.78 Å². The van der Waals surface area contributed by atoms with E-state index in [2.05, 4.69) is 5.16 Å². The van der Waals surface area contributed by atoms with E-state index in [1.807, 2.05) is 0 Å². The van der Waals surface area contributed by atoms with Gasteiger partial charge in [-0.1, -0.05) is 5.16 Å². The van der Waals surface area contributed by atoms with Gasteiger partial charge in [0.05, 0.1) is 5.71 Å².